The number of esters is 1. The normalized spacial score (nSPS) is 10.2. The molecule has 134 valence electrons. The van der Waals surface area contributed by atoms with Gasteiger partial charge in [0.2, 0.25) is 11.6 Å². The lowest BCUT2D eigenvalue weighted by Crippen LogP contribution is -2.17. The maximum atomic E-state index is 12.6. The van der Waals surface area contributed by atoms with E-state index in [4.69, 9.17) is 4.74 Å². The van der Waals surface area contributed by atoms with Crippen LogP contribution in [-0.2, 0) is 0 Å². The molecule has 27 heavy (non-hydrogen) atoms. The first kappa shape index (κ1) is 17.9. The highest BCUT2D eigenvalue weighted by atomic mass is 16.5. The predicted octanol–water partition coefficient (Wildman–Crippen LogP) is 3.38. The minimum Gasteiger partial charge on any atom is -0.507 e. The standard InChI is InChI=1S/C21H14O6/c22-16-10-4-1-7-13(16)19(24)20(25)15-9-3-6-12-18(15)27-21(26)14-8-2-5-11-17(14)23/h1-12,22-23H. The molecule has 0 heterocycles. The summed E-state index contributed by atoms with van der Waals surface area (Å²) >= 11 is 0. The SMILES string of the molecule is O=C(Oc1ccccc1C(=O)C(=O)c1ccccc1O)c1ccccc1O. The smallest absolute Gasteiger partial charge is 0.347 e. The maximum absolute atomic E-state index is 12.6. The Kier molecular flexibility index (Phi) is 4.99. The van der Waals surface area contributed by atoms with Crippen LogP contribution < -0.4 is 4.74 Å². The van der Waals surface area contributed by atoms with Gasteiger partial charge in [-0.1, -0.05) is 36.4 Å². The number of rotatable bonds is 5. The molecule has 0 amide bonds. The first-order valence-electron chi connectivity index (χ1n) is 7.95. The van der Waals surface area contributed by atoms with Crippen LogP contribution in [0.3, 0.4) is 0 Å². The van der Waals surface area contributed by atoms with E-state index in [0.29, 0.717) is 0 Å². The molecule has 0 saturated carbocycles. The van der Waals surface area contributed by atoms with E-state index in [1.807, 2.05) is 0 Å². The minimum atomic E-state index is -0.933. The van der Waals surface area contributed by atoms with Crippen molar-refractivity contribution in [2.75, 3.05) is 0 Å². The molecule has 0 atom stereocenters. The quantitative estimate of drug-likeness (QED) is 0.312. The fourth-order valence-electron chi connectivity index (χ4n) is 2.45. The summed E-state index contributed by atoms with van der Waals surface area (Å²) in [6.45, 7) is 0. The van der Waals surface area contributed by atoms with Gasteiger partial charge >= 0.3 is 5.97 Å². The van der Waals surface area contributed by atoms with Gasteiger partial charge in [-0.15, -0.1) is 0 Å². The highest BCUT2D eigenvalue weighted by Crippen LogP contribution is 2.25. The molecule has 2 N–H and O–H groups in total. The number of para-hydroxylation sites is 3. The van der Waals surface area contributed by atoms with Crippen molar-refractivity contribution < 1.29 is 29.3 Å². The lowest BCUT2D eigenvalue weighted by atomic mass is 10.00. The topological polar surface area (TPSA) is 101 Å². The van der Waals surface area contributed by atoms with Gasteiger partial charge in [-0.2, -0.15) is 0 Å². The number of phenolic OH excluding ortho intramolecular Hbond substituents is 2. The molecule has 0 bridgehead atoms. The number of phenols is 2. The first-order valence-corrected chi connectivity index (χ1v) is 7.95. The molecule has 0 radical (unpaired) electrons. The first-order chi connectivity index (χ1) is 13.0. The van der Waals surface area contributed by atoms with Crippen LogP contribution >= 0.6 is 0 Å². The van der Waals surface area contributed by atoms with Crippen LogP contribution in [0.2, 0.25) is 0 Å². The summed E-state index contributed by atoms with van der Waals surface area (Å²) in [5, 5.41) is 19.5. The van der Waals surface area contributed by atoms with Crippen molar-refractivity contribution in [1.82, 2.24) is 0 Å². The van der Waals surface area contributed by atoms with Crippen molar-refractivity contribution in [3.8, 4) is 17.2 Å². The number of Topliss-reactive ketones (excluding diaryl/α,β-unsaturated/α-hetero) is 2. The minimum absolute atomic E-state index is 0.0771. The van der Waals surface area contributed by atoms with E-state index in [1.54, 1.807) is 12.1 Å². The van der Waals surface area contributed by atoms with E-state index in [-0.39, 0.29) is 33.9 Å². The number of benzene rings is 3. The highest BCUT2D eigenvalue weighted by molar-refractivity contribution is 6.50. The van der Waals surface area contributed by atoms with Crippen LogP contribution in [0.25, 0.3) is 0 Å². The Morgan fingerprint density at radius 1 is 0.593 bits per heavy atom. The molecule has 0 aliphatic carbocycles. The van der Waals surface area contributed by atoms with Crippen molar-refractivity contribution >= 4 is 17.5 Å². The van der Waals surface area contributed by atoms with Crippen LogP contribution in [0.5, 0.6) is 17.2 Å². The van der Waals surface area contributed by atoms with Crippen LogP contribution in [0.4, 0.5) is 0 Å². The van der Waals surface area contributed by atoms with E-state index in [1.165, 1.54) is 60.7 Å². The monoisotopic (exact) mass is 362 g/mol. The zero-order valence-electron chi connectivity index (χ0n) is 14.0. The second-order valence-corrected chi connectivity index (χ2v) is 5.58. The lowest BCUT2D eigenvalue weighted by Gasteiger charge is -2.10. The van der Waals surface area contributed by atoms with Gasteiger partial charge in [0, 0.05) is 0 Å². The zero-order valence-corrected chi connectivity index (χ0v) is 14.0. The molecule has 3 rings (SSSR count). The summed E-state index contributed by atoms with van der Waals surface area (Å²) in [5.41, 5.74) is -0.356. The fraction of sp³-hybridized carbons (Fsp3) is 0. The summed E-state index contributed by atoms with van der Waals surface area (Å²) in [7, 11) is 0. The molecule has 0 fully saturated rings. The van der Waals surface area contributed by atoms with Crippen molar-refractivity contribution in [2.24, 2.45) is 0 Å². The summed E-state index contributed by atoms with van der Waals surface area (Å²) in [6.07, 6.45) is 0. The largest absolute Gasteiger partial charge is 0.507 e. The molecule has 0 aliphatic rings. The maximum Gasteiger partial charge on any atom is 0.347 e. The summed E-state index contributed by atoms with van der Waals surface area (Å²) in [6, 6.07) is 17.2. The number of hydrogen-bond donors (Lipinski definition) is 2. The van der Waals surface area contributed by atoms with Crippen molar-refractivity contribution in [2.45, 2.75) is 0 Å². The Morgan fingerprint density at radius 3 is 1.63 bits per heavy atom. The van der Waals surface area contributed by atoms with Crippen LogP contribution in [0.1, 0.15) is 31.1 Å². The van der Waals surface area contributed by atoms with E-state index < -0.39 is 17.5 Å². The Morgan fingerprint density at radius 2 is 1.04 bits per heavy atom. The molecule has 3 aromatic carbocycles. The molecule has 0 saturated heterocycles. The van der Waals surface area contributed by atoms with Crippen LogP contribution in [0.15, 0.2) is 72.8 Å². The van der Waals surface area contributed by atoms with Gasteiger partial charge in [0.1, 0.15) is 22.8 Å². The highest BCUT2D eigenvalue weighted by Gasteiger charge is 2.25. The number of carbonyl (C=O) groups is 3. The third-order valence-corrected chi connectivity index (χ3v) is 3.81. The molecule has 0 unspecified atom stereocenters. The van der Waals surface area contributed by atoms with Gasteiger partial charge in [-0.25, -0.2) is 4.79 Å². The molecule has 3 aromatic rings. The Balaban J connectivity index is 1.91. The third kappa shape index (κ3) is 3.69. The lowest BCUT2D eigenvalue weighted by molar-refractivity contribution is 0.0724. The Labute approximate surface area is 154 Å². The molecule has 0 aromatic heterocycles. The average molecular weight is 362 g/mol. The fourth-order valence-corrected chi connectivity index (χ4v) is 2.45. The third-order valence-electron chi connectivity index (χ3n) is 3.81. The molecular formula is C21H14O6. The Hall–Kier alpha value is -3.93. The van der Waals surface area contributed by atoms with E-state index in [9.17, 15) is 24.6 Å². The van der Waals surface area contributed by atoms with Crippen molar-refractivity contribution in [3.63, 3.8) is 0 Å². The van der Waals surface area contributed by atoms with Gasteiger partial charge in [-0.3, -0.25) is 9.59 Å². The van der Waals surface area contributed by atoms with Crippen molar-refractivity contribution in [3.05, 3.63) is 89.5 Å². The molecule has 6 nitrogen and oxygen atoms in total. The van der Waals surface area contributed by atoms with Gasteiger partial charge in [0.15, 0.2) is 0 Å². The zero-order chi connectivity index (χ0) is 19.4. The number of carbonyl (C=O) groups excluding carboxylic acids is 3. The average Bonchev–Trinajstić information content (AvgIpc) is 2.68. The van der Waals surface area contributed by atoms with Gasteiger partial charge in [-0.05, 0) is 36.4 Å². The summed E-state index contributed by atoms with van der Waals surface area (Å²) < 4.78 is 5.22. The Bertz CT molecular complexity index is 1040. The second-order valence-electron chi connectivity index (χ2n) is 5.58. The molecule has 0 spiro atoms. The number of ketones is 2. The van der Waals surface area contributed by atoms with Gasteiger partial charge in [0.05, 0.1) is 11.1 Å². The number of hydrogen-bond acceptors (Lipinski definition) is 6. The number of aromatic hydroxyl groups is 2. The number of ether oxygens (including phenoxy) is 1. The predicted molar refractivity (Wildman–Crippen MR) is 96.3 cm³/mol. The van der Waals surface area contributed by atoms with Crippen LogP contribution in [-0.4, -0.2) is 27.7 Å². The molecule has 0 aliphatic heterocycles. The van der Waals surface area contributed by atoms with Gasteiger partial charge < -0.3 is 14.9 Å². The second kappa shape index (κ2) is 7.53. The van der Waals surface area contributed by atoms with Crippen LogP contribution in [0, 0.1) is 0 Å². The van der Waals surface area contributed by atoms with E-state index >= 15 is 0 Å². The molecule has 6 heteroatoms. The van der Waals surface area contributed by atoms with E-state index in [2.05, 4.69) is 0 Å². The van der Waals surface area contributed by atoms with Crippen molar-refractivity contribution in [1.29, 1.82) is 0 Å². The summed E-state index contributed by atoms with van der Waals surface area (Å²) in [4.78, 5) is 37.3. The summed E-state index contributed by atoms with van der Waals surface area (Å²) in [5.74, 6) is -3.45. The van der Waals surface area contributed by atoms with Gasteiger partial charge in [0.25, 0.3) is 0 Å². The van der Waals surface area contributed by atoms with E-state index in [0.717, 1.165) is 0 Å². The molecular weight excluding hydrogens is 348 g/mol.